The van der Waals surface area contributed by atoms with E-state index in [1.54, 1.807) is 49.9 Å². The number of imidazole rings is 1. The first-order valence-electron chi connectivity index (χ1n) is 36.8. The van der Waals surface area contributed by atoms with Crippen LogP contribution < -0.4 is 70.0 Å². The molecule has 40 heteroatoms. The minimum absolute atomic E-state index is 0.0107. The fourth-order valence-electron chi connectivity index (χ4n) is 12.2. The molecule has 0 aliphatic carbocycles. The highest BCUT2D eigenvalue weighted by atomic mass is 33.1. The first-order valence-corrected chi connectivity index (χ1v) is 39.1. The average Bonchev–Trinajstić information content (AvgIpc) is 0.945. The van der Waals surface area contributed by atoms with E-state index in [4.69, 9.17) is 22.3 Å². The summed E-state index contributed by atoms with van der Waals surface area (Å²) in [6, 6.07) is 9.38. The van der Waals surface area contributed by atoms with Gasteiger partial charge in [0.15, 0.2) is 11.9 Å². The maximum Gasteiger partial charge on any atom is 0.327 e. The fourth-order valence-corrected chi connectivity index (χ4v) is 15.0. The molecule has 2 aliphatic rings. The summed E-state index contributed by atoms with van der Waals surface area (Å²) in [6.07, 6.45) is 4.03. The number of hydrogen-bond acceptors (Lipinski definition) is 22. The summed E-state index contributed by atoms with van der Waals surface area (Å²) in [5.74, 6) is -12.1. The Hall–Kier alpha value is -10.7. The average molecular weight is 1600 g/mol. The van der Waals surface area contributed by atoms with Gasteiger partial charge in [0, 0.05) is 115 Å². The predicted molar refractivity (Wildman–Crippen MR) is 417 cm³/mol. The summed E-state index contributed by atoms with van der Waals surface area (Å²) in [6.45, 7) is 5.90. The monoisotopic (exact) mass is 1600 g/mol. The molecule has 2 aliphatic heterocycles. The number of nitrogens with zero attached hydrogens (tertiary/aromatic N) is 5. The van der Waals surface area contributed by atoms with E-state index in [1.165, 1.54) is 33.3 Å². The van der Waals surface area contributed by atoms with Crippen LogP contribution in [0.5, 0.6) is 0 Å². The third-order valence-electron chi connectivity index (χ3n) is 18.3. The van der Waals surface area contributed by atoms with Gasteiger partial charge in [-0.25, -0.2) is 9.78 Å². The maximum absolute atomic E-state index is 14.7. The van der Waals surface area contributed by atoms with Crippen molar-refractivity contribution in [3.05, 3.63) is 102 Å². The molecule has 2 saturated heterocycles. The van der Waals surface area contributed by atoms with E-state index in [9.17, 15) is 82.8 Å². The summed E-state index contributed by atoms with van der Waals surface area (Å²) >= 11 is 0. The number of fused-ring (bicyclic) bond motifs is 1. The lowest BCUT2D eigenvalue weighted by atomic mass is 9.99. The number of unbranched alkanes of at least 4 members (excludes halogenated alkanes) is 2. The van der Waals surface area contributed by atoms with Gasteiger partial charge >= 0.3 is 23.9 Å². The number of carbonyl (C=O) groups is 13. The molecule has 4 aromatic rings. The second-order valence-electron chi connectivity index (χ2n) is 27.8. The lowest BCUT2D eigenvalue weighted by Crippen LogP contribution is -2.61. The Bertz CT molecular complexity index is 3860. The Morgan fingerprint density at radius 2 is 1.12 bits per heavy atom. The summed E-state index contributed by atoms with van der Waals surface area (Å²) in [5, 5.41) is 86.0. The van der Waals surface area contributed by atoms with Gasteiger partial charge in [0.1, 0.15) is 42.3 Å². The lowest BCUT2D eigenvalue weighted by molar-refractivity contribution is -0.143. The van der Waals surface area contributed by atoms with Gasteiger partial charge in [0.2, 0.25) is 47.3 Å². The SMILES string of the molecule is C[C@H](NC(=O)[C@H](CCCNC(=N)N)NC(=O)CCCCCNC(=O)c1ccc(CNC(=O)CN2CCN(CC(=O)O)CCN(CC(=O)O)CCN(CC(=O)O)CC2)cc1)C(=O)N[C@@H]1CSSC(C)(C)[C@@H](C(=O)O)NC(=O)[C@H](Cc2c[nH]cn2)NC(=O)[C@H](Cc2ccc3ccccc3c2)NC(=O)[C@H](CCCNC(=N)N)NC1=O. The second-order valence-corrected chi connectivity index (χ2v) is 30.8. The Balaban J connectivity index is 1.06. The van der Waals surface area contributed by atoms with Gasteiger partial charge in [-0.3, -0.25) is 88.0 Å². The second kappa shape index (κ2) is 46.2. The van der Waals surface area contributed by atoms with Crippen LogP contribution >= 0.6 is 21.6 Å². The standard InChI is InChI=1S/C72H105N21O17S2/c1-44(62(102)88-55-42-111-112-72(2,3)61(69(109)110)89-67(107)54(35-50-37-77-43-82-50)87-66(106)53(34-46-18-19-47-11-6-7-12-49(47)33-46)86-65(105)52(85-68(55)108)14-10-24-80-71(75)76)83-64(104)51(13-9-23-79-70(73)74)84-56(94)15-5-4-8-22-78-63(103)48-20-16-45(17-21-48)36-81-57(95)38-90-25-27-91(39-58(96)97)29-31-93(41-60(100)101)32-30-92(28-26-90)40-59(98)99/h6-7,11-12,16-21,33,37,43-44,51-55,61H,4-5,8-10,13-15,22-32,34-36,38-42H2,1-3H3,(H,77,82)(H,78,103)(H,81,95)(H,83,104)(H,84,94)(H,85,108)(H,86,105)(H,87,106)(H,88,102)(H,89,107)(H,96,97)(H,98,99)(H,100,101)(H,109,110)(H4,73,74,79)(H4,75,76,80)/t44-,51-,52-,53-,54-,55+,61+/m0/s1. The predicted octanol–water partition coefficient (Wildman–Crippen LogP) is -2.37. The van der Waals surface area contributed by atoms with Crippen molar-refractivity contribution in [2.75, 3.05) is 104 Å². The largest absolute Gasteiger partial charge is 0.480 e. The molecule has 38 nitrogen and oxygen atoms in total. The Labute approximate surface area is 655 Å². The third-order valence-corrected chi connectivity index (χ3v) is 21.6. The number of amides is 9. The maximum atomic E-state index is 14.7. The van der Waals surface area contributed by atoms with E-state index in [0.29, 0.717) is 41.6 Å². The molecule has 612 valence electrons. The van der Waals surface area contributed by atoms with E-state index in [2.05, 4.69) is 68.5 Å². The number of carboxylic acids is 4. The number of H-pyrrole nitrogens is 1. The zero-order valence-electron chi connectivity index (χ0n) is 62.9. The van der Waals surface area contributed by atoms with Crippen molar-refractivity contribution >= 4 is 121 Å². The van der Waals surface area contributed by atoms with Gasteiger partial charge in [0.05, 0.1) is 42.9 Å². The molecule has 6 rings (SSSR count). The molecule has 1 aromatic heterocycles. The molecule has 0 radical (unpaired) electrons. The van der Waals surface area contributed by atoms with Crippen LogP contribution in [-0.2, 0) is 76.9 Å². The third kappa shape index (κ3) is 32.7. The minimum Gasteiger partial charge on any atom is -0.480 e. The highest BCUT2D eigenvalue weighted by molar-refractivity contribution is 8.77. The number of rotatable bonds is 35. The molecule has 3 heterocycles. The molecule has 3 aromatic carbocycles. The lowest BCUT2D eigenvalue weighted by Gasteiger charge is -2.32. The topological polar surface area (TPSA) is 577 Å². The van der Waals surface area contributed by atoms with Crippen LogP contribution in [0.3, 0.4) is 0 Å². The van der Waals surface area contributed by atoms with Gasteiger partial charge in [0.25, 0.3) is 5.91 Å². The number of nitrogens with two attached hydrogens (primary N) is 2. The van der Waals surface area contributed by atoms with Crippen LogP contribution in [0.2, 0.25) is 0 Å². The zero-order valence-corrected chi connectivity index (χ0v) is 64.6. The number of benzene rings is 3. The number of carbonyl (C=O) groups excluding carboxylic acids is 9. The van der Waals surface area contributed by atoms with Crippen molar-refractivity contribution in [2.24, 2.45) is 11.5 Å². The molecule has 0 unspecified atom stereocenters. The normalized spacial score (nSPS) is 19.5. The zero-order chi connectivity index (χ0) is 81.9. The van der Waals surface area contributed by atoms with E-state index in [1.807, 2.05) is 36.4 Å². The van der Waals surface area contributed by atoms with Crippen molar-refractivity contribution in [1.82, 2.24) is 88.1 Å². The minimum atomic E-state index is -1.63. The molecule has 0 saturated carbocycles. The van der Waals surface area contributed by atoms with Gasteiger partial charge in [-0.15, -0.1) is 0 Å². The van der Waals surface area contributed by atoms with Crippen LogP contribution in [0.25, 0.3) is 10.8 Å². The van der Waals surface area contributed by atoms with Crippen molar-refractivity contribution in [2.45, 2.75) is 139 Å². The summed E-state index contributed by atoms with van der Waals surface area (Å²) in [4.78, 5) is 189. The van der Waals surface area contributed by atoms with E-state index >= 15 is 0 Å². The van der Waals surface area contributed by atoms with Crippen molar-refractivity contribution in [3.8, 4) is 0 Å². The van der Waals surface area contributed by atoms with Gasteiger partial charge < -0.3 is 95.4 Å². The first kappa shape index (κ1) is 90.2. The number of carboxylic acid groups (broad SMARTS) is 4. The van der Waals surface area contributed by atoms with Crippen molar-refractivity contribution in [1.29, 1.82) is 10.8 Å². The quantitative estimate of drug-likeness (QED) is 0.00990. The summed E-state index contributed by atoms with van der Waals surface area (Å²) in [5.41, 5.74) is 13.0. The molecular weight excluding hydrogens is 1500 g/mol. The molecular formula is C72H105N21O17S2. The highest BCUT2D eigenvalue weighted by Crippen LogP contribution is 2.39. The smallest absolute Gasteiger partial charge is 0.327 e. The van der Waals surface area contributed by atoms with Gasteiger partial charge in [-0.1, -0.05) is 82.6 Å². The number of guanidine groups is 2. The van der Waals surface area contributed by atoms with Gasteiger partial charge in [-0.2, -0.15) is 0 Å². The first-order chi connectivity index (χ1) is 53.3. The number of aliphatic carboxylic acids is 4. The highest BCUT2D eigenvalue weighted by Gasteiger charge is 2.41. The molecule has 0 spiro atoms. The van der Waals surface area contributed by atoms with Crippen LogP contribution in [0.1, 0.15) is 99.3 Å². The van der Waals surface area contributed by atoms with E-state index in [-0.39, 0.29) is 179 Å². The van der Waals surface area contributed by atoms with Gasteiger partial charge in [-0.05, 0) is 93.3 Å². The molecule has 7 atom stereocenters. The molecule has 0 bridgehead atoms. The van der Waals surface area contributed by atoms with Crippen LogP contribution in [0.4, 0.5) is 0 Å². The number of hydrogen-bond donors (Lipinski definition) is 20. The van der Waals surface area contributed by atoms with Crippen LogP contribution in [0.15, 0.2) is 79.3 Å². The number of aromatic nitrogens is 2. The van der Waals surface area contributed by atoms with E-state index < -0.39 is 112 Å². The fraction of sp³-hybridized carbons (Fsp3) is 0.528. The summed E-state index contributed by atoms with van der Waals surface area (Å²) < 4.78 is -1.38. The molecule has 112 heavy (non-hydrogen) atoms. The molecule has 22 N–H and O–H groups in total. The van der Waals surface area contributed by atoms with Crippen molar-refractivity contribution in [3.63, 3.8) is 0 Å². The van der Waals surface area contributed by atoms with E-state index in [0.717, 1.165) is 32.4 Å². The molecule has 9 amide bonds. The molecule has 2 fully saturated rings. The number of nitrogens with one attached hydrogen (secondary N) is 14. The Kier molecular flexibility index (Phi) is 37.2. The van der Waals surface area contributed by atoms with Crippen LogP contribution in [0, 0.1) is 10.8 Å². The van der Waals surface area contributed by atoms with Crippen LogP contribution in [-0.4, -0.2) is 290 Å². The van der Waals surface area contributed by atoms with Crippen molar-refractivity contribution < 1.29 is 82.8 Å². The Morgan fingerprint density at radius 3 is 1.70 bits per heavy atom. The summed E-state index contributed by atoms with van der Waals surface area (Å²) in [7, 11) is 1.91. The Morgan fingerprint density at radius 1 is 0.589 bits per heavy atom. The number of aromatic amines is 1.